The lowest BCUT2D eigenvalue weighted by atomic mass is 9.81. The molecule has 2 aliphatic rings. The SMILES string of the molecule is C[C@H]1C[C@@H](N2C(=O)C[C@@](C)(c3cccc(N)c3Cl)N/C2=N\C(=O)O)CCC1(F)F. The van der Waals surface area contributed by atoms with E-state index in [1.807, 2.05) is 0 Å². The Balaban J connectivity index is 1.97. The zero-order chi connectivity index (χ0) is 21.6. The number of nitrogens with two attached hydrogens (primary N) is 1. The molecule has 1 aromatic carbocycles. The molecule has 0 bridgehead atoms. The second kappa shape index (κ2) is 7.44. The highest BCUT2D eigenvalue weighted by atomic mass is 35.5. The lowest BCUT2D eigenvalue weighted by molar-refractivity contribution is -0.137. The van der Waals surface area contributed by atoms with Gasteiger partial charge in [0.15, 0.2) is 0 Å². The van der Waals surface area contributed by atoms with Crippen molar-refractivity contribution in [1.82, 2.24) is 10.2 Å². The van der Waals surface area contributed by atoms with Crippen LogP contribution in [-0.2, 0) is 10.3 Å². The number of carbonyl (C=O) groups is 2. The van der Waals surface area contributed by atoms with Crippen LogP contribution < -0.4 is 11.1 Å². The van der Waals surface area contributed by atoms with Crippen molar-refractivity contribution in [2.75, 3.05) is 5.73 Å². The number of rotatable bonds is 2. The van der Waals surface area contributed by atoms with Crippen LogP contribution in [0.3, 0.4) is 0 Å². The van der Waals surface area contributed by atoms with Crippen molar-refractivity contribution in [3.8, 4) is 0 Å². The number of alkyl halides is 2. The molecule has 4 N–H and O–H groups in total. The molecule has 10 heteroatoms. The van der Waals surface area contributed by atoms with Crippen LogP contribution in [0.4, 0.5) is 19.3 Å². The number of carbonyl (C=O) groups excluding carboxylic acids is 1. The first-order valence-corrected chi connectivity index (χ1v) is 9.66. The van der Waals surface area contributed by atoms with E-state index in [0.717, 1.165) is 0 Å². The van der Waals surface area contributed by atoms with Crippen molar-refractivity contribution in [3.63, 3.8) is 0 Å². The van der Waals surface area contributed by atoms with Gasteiger partial charge in [-0.25, -0.2) is 13.6 Å². The number of anilines is 1. The van der Waals surface area contributed by atoms with Gasteiger partial charge in [0.05, 0.1) is 22.7 Å². The van der Waals surface area contributed by atoms with Gasteiger partial charge in [0.1, 0.15) is 0 Å². The Morgan fingerprint density at radius 2 is 2.14 bits per heavy atom. The maximum Gasteiger partial charge on any atom is 0.434 e. The average Bonchev–Trinajstić information content (AvgIpc) is 2.59. The van der Waals surface area contributed by atoms with Crippen LogP contribution >= 0.6 is 11.6 Å². The Hall–Kier alpha value is -2.42. The van der Waals surface area contributed by atoms with Gasteiger partial charge in [-0.15, -0.1) is 4.99 Å². The maximum atomic E-state index is 13.9. The predicted octanol–water partition coefficient (Wildman–Crippen LogP) is 3.82. The summed E-state index contributed by atoms with van der Waals surface area (Å²) in [5, 5.41) is 12.5. The van der Waals surface area contributed by atoms with Crippen molar-refractivity contribution in [3.05, 3.63) is 28.8 Å². The number of hydrogen-bond donors (Lipinski definition) is 3. The van der Waals surface area contributed by atoms with Crippen molar-refractivity contribution in [2.45, 2.75) is 57.0 Å². The molecule has 1 heterocycles. The zero-order valence-electron chi connectivity index (χ0n) is 16.1. The zero-order valence-corrected chi connectivity index (χ0v) is 16.8. The van der Waals surface area contributed by atoms with E-state index in [-0.39, 0.29) is 36.7 Å². The summed E-state index contributed by atoms with van der Waals surface area (Å²) in [6, 6.07) is 4.42. The molecule has 0 unspecified atom stereocenters. The Morgan fingerprint density at radius 1 is 1.45 bits per heavy atom. The molecular formula is C19H23ClF2N4O3. The van der Waals surface area contributed by atoms with E-state index < -0.39 is 35.4 Å². The lowest BCUT2D eigenvalue weighted by Crippen LogP contribution is -2.63. The molecule has 3 atom stereocenters. The average molecular weight is 429 g/mol. The number of benzene rings is 1. The number of amides is 2. The summed E-state index contributed by atoms with van der Waals surface area (Å²) in [5.41, 5.74) is 5.66. The number of nitrogens with one attached hydrogen (secondary N) is 1. The van der Waals surface area contributed by atoms with E-state index in [4.69, 9.17) is 17.3 Å². The smallest absolute Gasteiger partial charge is 0.434 e. The fourth-order valence-electron chi connectivity index (χ4n) is 4.08. The van der Waals surface area contributed by atoms with Crippen LogP contribution in [-0.4, -0.2) is 39.9 Å². The van der Waals surface area contributed by atoms with E-state index in [1.54, 1.807) is 25.1 Å². The van der Waals surface area contributed by atoms with Crippen molar-refractivity contribution < 1.29 is 23.5 Å². The van der Waals surface area contributed by atoms with Gasteiger partial charge in [0.25, 0.3) is 5.92 Å². The van der Waals surface area contributed by atoms with Crippen molar-refractivity contribution >= 4 is 35.2 Å². The third kappa shape index (κ3) is 4.01. The summed E-state index contributed by atoms with van der Waals surface area (Å²) in [6.07, 6.45) is -1.83. The summed E-state index contributed by atoms with van der Waals surface area (Å²) in [6.45, 7) is 3.12. The van der Waals surface area contributed by atoms with Crippen LogP contribution in [0.2, 0.25) is 5.02 Å². The largest absolute Gasteiger partial charge is 0.463 e. The highest BCUT2D eigenvalue weighted by molar-refractivity contribution is 6.34. The number of nitrogen functional groups attached to an aromatic ring is 1. The second-order valence-electron chi connectivity index (χ2n) is 7.91. The number of guanidine groups is 1. The molecule has 1 aromatic rings. The normalized spacial score (nSPS) is 30.9. The van der Waals surface area contributed by atoms with E-state index >= 15 is 0 Å². The summed E-state index contributed by atoms with van der Waals surface area (Å²) in [5.74, 6) is -4.34. The first kappa shape index (κ1) is 21.3. The highest BCUT2D eigenvalue weighted by Crippen LogP contribution is 2.42. The molecule has 1 aliphatic heterocycles. The molecule has 3 rings (SSSR count). The van der Waals surface area contributed by atoms with E-state index in [1.165, 1.54) is 11.8 Å². The fraction of sp³-hybridized carbons (Fsp3) is 0.526. The monoisotopic (exact) mass is 428 g/mol. The van der Waals surface area contributed by atoms with Gasteiger partial charge in [-0.3, -0.25) is 9.69 Å². The summed E-state index contributed by atoms with van der Waals surface area (Å²) in [7, 11) is 0. The lowest BCUT2D eigenvalue weighted by Gasteiger charge is -2.46. The molecule has 0 radical (unpaired) electrons. The van der Waals surface area contributed by atoms with Gasteiger partial charge in [0, 0.05) is 18.4 Å². The van der Waals surface area contributed by atoms with Crippen LogP contribution in [0, 0.1) is 5.92 Å². The van der Waals surface area contributed by atoms with Gasteiger partial charge in [-0.1, -0.05) is 30.7 Å². The van der Waals surface area contributed by atoms with Crippen molar-refractivity contribution in [2.24, 2.45) is 10.9 Å². The topological polar surface area (TPSA) is 108 Å². The molecular weight excluding hydrogens is 406 g/mol. The number of nitrogens with zero attached hydrogens (tertiary/aromatic N) is 2. The Kier molecular flexibility index (Phi) is 5.46. The van der Waals surface area contributed by atoms with Crippen LogP contribution in [0.5, 0.6) is 0 Å². The first-order chi connectivity index (χ1) is 13.4. The van der Waals surface area contributed by atoms with Crippen LogP contribution in [0.25, 0.3) is 0 Å². The number of carboxylic acid groups (broad SMARTS) is 1. The standard InChI is InChI=1S/C19H23ClF2N4O3/c1-10-8-11(6-7-19(10,21)22)26-14(27)9-18(2,25-16(26)24-17(28)29)12-4-3-5-13(23)15(12)20/h3-5,10-11H,6-9,23H2,1-2H3,(H,24,25)(H,28,29)/t10-,11-,18-/m0/s1. The molecule has 2 fully saturated rings. The molecule has 7 nitrogen and oxygen atoms in total. The molecule has 1 saturated heterocycles. The minimum atomic E-state index is -2.81. The van der Waals surface area contributed by atoms with E-state index in [2.05, 4.69) is 10.3 Å². The van der Waals surface area contributed by atoms with Crippen LogP contribution in [0.1, 0.15) is 45.1 Å². The number of halogens is 3. The third-order valence-electron chi connectivity index (χ3n) is 5.74. The molecule has 2 amide bonds. The van der Waals surface area contributed by atoms with E-state index in [9.17, 15) is 23.5 Å². The molecule has 29 heavy (non-hydrogen) atoms. The highest BCUT2D eigenvalue weighted by Gasteiger charge is 2.48. The van der Waals surface area contributed by atoms with Gasteiger partial charge < -0.3 is 16.2 Å². The molecule has 0 aromatic heterocycles. The maximum absolute atomic E-state index is 13.9. The van der Waals surface area contributed by atoms with Gasteiger partial charge >= 0.3 is 6.09 Å². The second-order valence-corrected chi connectivity index (χ2v) is 8.29. The van der Waals surface area contributed by atoms with Gasteiger partial charge in [-0.05, 0) is 31.4 Å². The predicted molar refractivity (Wildman–Crippen MR) is 105 cm³/mol. The Labute approximate surface area is 171 Å². The Bertz CT molecular complexity index is 879. The summed E-state index contributed by atoms with van der Waals surface area (Å²) in [4.78, 5) is 29.1. The Morgan fingerprint density at radius 3 is 2.76 bits per heavy atom. The number of hydrogen-bond acceptors (Lipinski definition) is 3. The summed E-state index contributed by atoms with van der Waals surface area (Å²) >= 11 is 6.32. The fourth-order valence-corrected chi connectivity index (χ4v) is 4.42. The third-order valence-corrected chi connectivity index (χ3v) is 6.16. The van der Waals surface area contributed by atoms with Crippen LogP contribution in [0.15, 0.2) is 23.2 Å². The number of aliphatic imine (C=N–C) groups is 1. The summed E-state index contributed by atoms with van der Waals surface area (Å²) < 4.78 is 27.8. The van der Waals surface area contributed by atoms with E-state index in [0.29, 0.717) is 11.3 Å². The van der Waals surface area contributed by atoms with Gasteiger partial charge in [0.2, 0.25) is 11.9 Å². The minimum absolute atomic E-state index is 0.0504. The molecule has 1 aliphatic carbocycles. The molecule has 158 valence electrons. The molecule has 0 spiro atoms. The van der Waals surface area contributed by atoms with Crippen molar-refractivity contribution in [1.29, 1.82) is 0 Å². The quantitative estimate of drug-likeness (QED) is 0.620. The van der Waals surface area contributed by atoms with Gasteiger partial charge in [-0.2, -0.15) is 0 Å². The minimum Gasteiger partial charge on any atom is -0.463 e. The first-order valence-electron chi connectivity index (χ1n) is 9.29. The molecule has 1 saturated carbocycles.